The molecular formula is C12H10F3N3O. The Kier molecular flexibility index (Phi) is 3.28. The van der Waals surface area contributed by atoms with Crippen LogP contribution >= 0.6 is 0 Å². The number of rotatable bonds is 2. The van der Waals surface area contributed by atoms with E-state index >= 15 is 0 Å². The molecule has 1 aromatic carbocycles. The third kappa shape index (κ3) is 2.93. The highest BCUT2D eigenvalue weighted by Gasteiger charge is 2.33. The van der Waals surface area contributed by atoms with Crippen molar-refractivity contribution in [2.75, 3.05) is 5.73 Å². The van der Waals surface area contributed by atoms with E-state index in [2.05, 4.69) is 5.10 Å². The molecule has 100 valence electrons. The molecule has 0 bridgehead atoms. The number of nitrogens with two attached hydrogens (primary N) is 1. The highest BCUT2D eigenvalue weighted by Crippen LogP contribution is 2.33. The van der Waals surface area contributed by atoms with Crippen LogP contribution in [0, 0.1) is 0 Å². The summed E-state index contributed by atoms with van der Waals surface area (Å²) in [7, 11) is 0. The van der Waals surface area contributed by atoms with Crippen LogP contribution in [-0.2, 0) is 12.7 Å². The molecule has 7 heteroatoms. The first-order chi connectivity index (χ1) is 8.88. The Morgan fingerprint density at radius 1 is 1.26 bits per heavy atom. The van der Waals surface area contributed by atoms with Crippen molar-refractivity contribution in [3.8, 4) is 0 Å². The summed E-state index contributed by atoms with van der Waals surface area (Å²) in [6.07, 6.45) is -3.19. The van der Waals surface area contributed by atoms with E-state index in [0.717, 1.165) is 10.7 Å². The molecule has 19 heavy (non-hydrogen) atoms. The first-order valence-electron chi connectivity index (χ1n) is 5.35. The smallest absolute Gasteiger partial charge is 0.399 e. The maximum atomic E-state index is 12.9. The summed E-state index contributed by atoms with van der Waals surface area (Å²) in [5, 5.41) is 3.72. The topological polar surface area (TPSA) is 60.9 Å². The van der Waals surface area contributed by atoms with Crippen molar-refractivity contribution in [3.63, 3.8) is 0 Å². The third-order valence-electron chi connectivity index (χ3n) is 2.54. The Bertz CT molecular complexity index is 649. The molecule has 0 radical (unpaired) electrons. The van der Waals surface area contributed by atoms with Gasteiger partial charge < -0.3 is 5.73 Å². The Labute approximate surface area is 106 Å². The summed E-state index contributed by atoms with van der Waals surface area (Å²) in [5.41, 5.74) is 4.01. The molecule has 0 aliphatic heterocycles. The number of halogens is 3. The van der Waals surface area contributed by atoms with Crippen LogP contribution in [0.4, 0.5) is 18.9 Å². The van der Waals surface area contributed by atoms with E-state index in [1.165, 1.54) is 30.5 Å². The van der Waals surface area contributed by atoms with Crippen LogP contribution in [0.3, 0.4) is 0 Å². The number of benzene rings is 1. The number of hydrogen-bond donors (Lipinski definition) is 1. The van der Waals surface area contributed by atoms with E-state index in [4.69, 9.17) is 5.73 Å². The molecule has 0 amide bonds. The average Bonchev–Trinajstić information content (AvgIpc) is 2.33. The first kappa shape index (κ1) is 13.1. The van der Waals surface area contributed by atoms with Crippen LogP contribution in [0.2, 0.25) is 0 Å². The lowest BCUT2D eigenvalue weighted by molar-refractivity contribution is -0.138. The lowest BCUT2D eigenvalue weighted by Gasteiger charge is -2.13. The number of alkyl halides is 3. The molecule has 0 atom stereocenters. The van der Waals surface area contributed by atoms with Crippen LogP contribution in [0.15, 0.2) is 41.3 Å². The molecule has 0 unspecified atom stereocenters. The zero-order chi connectivity index (χ0) is 14.0. The SMILES string of the molecule is Nc1ccc(Cn2ncccc2=O)c(C(F)(F)F)c1. The van der Waals surface area contributed by atoms with Gasteiger partial charge in [-0.2, -0.15) is 18.3 Å². The fraction of sp³-hybridized carbons (Fsp3) is 0.167. The molecule has 2 N–H and O–H groups in total. The predicted molar refractivity (Wildman–Crippen MR) is 63.5 cm³/mol. The average molecular weight is 269 g/mol. The molecule has 0 saturated heterocycles. The summed E-state index contributed by atoms with van der Waals surface area (Å²) in [6.45, 7) is -0.255. The normalized spacial score (nSPS) is 11.5. The fourth-order valence-corrected chi connectivity index (χ4v) is 1.66. The first-order valence-corrected chi connectivity index (χ1v) is 5.35. The molecule has 4 nitrogen and oxygen atoms in total. The zero-order valence-electron chi connectivity index (χ0n) is 9.69. The van der Waals surface area contributed by atoms with E-state index in [-0.39, 0.29) is 17.8 Å². The van der Waals surface area contributed by atoms with Gasteiger partial charge in [-0.1, -0.05) is 6.07 Å². The fourth-order valence-electron chi connectivity index (χ4n) is 1.66. The van der Waals surface area contributed by atoms with Crippen molar-refractivity contribution < 1.29 is 13.2 Å². The van der Waals surface area contributed by atoms with E-state index < -0.39 is 17.3 Å². The minimum absolute atomic E-state index is 0.0180. The third-order valence-corrected chi connectivity index (χ3v) is 2.54. The summed E-state index contributed by atoms with van der Waals surface area (Å²) in [6, 6.07) is 6.12. The maximum absolute atomic E-state index is 12.9. The van der Waals surface area contributed by atoms with Gasteiger partial charge in [-0.25, -0.2) is 4.68 Å². The van der Waals surface area contributed by atoms with Gasteiger partial charge in [0, 0.05) is 18.0 Å². The van der Waals surface area contributed by atoms with Crippen molar-refractivity contribution in [3.05, 3.63) is 58.0 Å². The van der Waals surface area contributed by atoms with Gasteiger partial charge in [-0.05, 0) is 23.8 Å². The van der Waals surface area contributed by atoms with Crippen LogP contribution in [0.5, 0.6) is 0 Å². The molecule has 2 aromatic rings. The van der Waals surface area contributed by atoms with Crippen molar-refractivity contribution >= 4 is 5.69 Å². The monoisotopic (exact) mass is 269 g/mol. The quantitative estimate of drug-likeness (QED) is 0.847. The van der Waals surface area contributed by atoms with Crippen LogP contribution in [0.1, 0.15) is 11.1 Å². The molecule has 0 aliphatic rings. The second-order valence-electron chi connectivity index (χ2n) is 3.93. The van der Waals surface area contributed by atoms with Gasteiger partial charge in [-0.15, -0.1) is 0 Å². The maximum Gasteiger partial charge on any atom is 0.416 e. The standard InChI is InChI=1S/C12H10F3N3O/c13-12(14,15)10-6-9(16)4-3-8(10)7-18-11(19)2-1-5-17-18/h1-6H,7,16H2. The second kappa shape index (κ2) is 4.75. The molecule has 1 heterocycles. The number of anilines is 1. The zero-order valence-corrected chi connectivity index (χ0v) is 9.69. The summed E-state index contributed by atoms with van der Waals surface area (Å²) < 4.78 is 39.6. The molecule has 0 aliphatic carbocycles. The molecular weight excluding hydrogens is 259 g/mol. The van der Waals surface area contributed by atoms with Crippen LogP contribution < -0.4 is 11.3 Å². The van der Waals surface area contributed by atoms with Gasteiger partial charge in [0.1, 0.15) is 0 Å². The van der Waals surface area contributed by atoms with E-state index in [1.54, 1.807) is 0 Å². The Morgan fingerprint density at radius 2 is 2.00 bits per heavy atom. The van der Waals surface area contributed by atoms with Gasteiger partial charge >= 0.3 is 6.18 Å². The largest absolute Gasteiger partial charge is 0.416 e. The highest BCUT2D eigenvalue weighted by atomic mass is 19.4. The van der Waals surface area contributed by atoms with Gasteiger partial charge in [0.2, 0.25) is 0 Å². The van der Waals surface area contributed by atoms with Crippen molar-refractivity contribution in [1.29, 1.82) is 0 Å². The molecule has 0 saturated carbocycles. The number of aromatic nitrogens is 2. The predicted octanol–water partition coefficient (Wildman–Crippen LogP) is 1.89. The van der Waals surface area contributed by atoms with Crippen molar-refractivity contribution in [2.45, 2.75) is 12.7 Å². The van der Waals surface area contributed by atoms with E-state index in [1.807, 2.05) is 0 Å². The lowest BCUT2D eigenvalue weighted by atomic mass is 10.1. The summed E-state index contributed by atoms with van der Waals surface area (Å²) >= 11 is 0. The minimum atomic E-state index is -4.52. The Morgan fingerprint density at radius 3 is 2.63 bits per heavy atom. The van der Waals surface area contributed by atoms with Crippen LogP contribution in [0.25, 0.3) is 0 Å². The Hall–Kier alpha value is -2.31. The second-order valence-corrected chi connectivity index (χ2v) is 3.93. The van der Waals surface area contributed by atoms with Crippen LogP contribution in [-0.4, -0.2) is 9.78 Å². The highest BCUT2D eigenvalue weighted by molar-refractivity contribution is 5.46. The van der Waals surface area contributed by atoms with E-state index in [9.17, 15) is 18.0 Å². The molecule has 2 rings (SSSR count). The lowest BCUT2D eigenvalue weighted by Crippen LogP contribution is -2.23. The Balaban J connectivity index is 2.47. The van der Waals surface area contributed by atoms with Gasteiger partial charge in [0.05, 0.1) is 12.1 Å². The number of hydrogen-bond acceptors (Lipinski definition) is 3. The van der Waals surface area contributed by atoms with Gasteiger partial charge in [0.15, 0.2) is 0 Å². The number of nitrogen functional groups attached to an aromatic ring is 1. The molecule has 1 aromatic heterocycles. The number of nitrogens with zero attached hydrogens (tertiary/aromatic N) is 2. The van der Waals surface area contributed by atoms with Gasteiger partial charge in [-0.3, -0.25) is 4.79 Å². The molecule has 0 fully saturated rings. The van der Waals surface area contributed by atoms with Crippen molar-refractivity contribution in [2.24, 2.45) is 0 Å². The molecule has 0 spiro atoms. The van der Waals surface area contributed by atoms with Gasteiger partial charge in [0.25, 0.3) is 5.56 Å². The van der Waals surface area contributed by atoms with E-state index in [0.29, 0.717) is 0 Å². The minimum Gasteiger partial charge on any atom is -0.399 e. The summed E-state index contributed by atoms with van der Waals surface area (Å²) in [4.78, 5) is 11.4. The summed E-state index contributed by atoms with van der Waals surface area (Å²) in [5.74, 6) is 0. The van der Waals surface area contributed by atoms with Crippen molar-refractivity contribution in [1.82, 2.24) is 9.78 Å².